The number of anilines is 2. The van der Waals surface area contributed by atoms with Gasteiger partial charge in [0.2, 0.25) is 0 Å². The van der Waals surface area contributed by atoms with Crippen molar-refractivity contribution in [1.29, 1.82) is 0 Å². The summed E-state index contributed by atoms with van der Waals surface area (Å²) in [4.78, 5) is 26.3. The van der Waals surface area contributed by atoms with Crippen molar-refractivity contribution in [2.24, 2.45) is 21.6 Å². The molecule has 2 saturated heterocycles. The van der Waals surface area contributed by atoms with E-state index in [4.69, 9.17) is 19.9 Å². The molecule has 304 valence electrons. The molecule has 7 rings (SSSR count). The molecule has 2 fully saturated rings. The van der Waals surface area contributed by atoms with E-state index in [1.807, 2.05) is 68.4 Å². The smallest absolute Gasteiger partial charge is 0.350 e. The minimum atomic E-state index is -1.07. The van der Waals surface area contributed by atoms with Crippen LogP contribution < -0.4 is 26.0 Å². The van der Waals surface area contributed by atoms with Gasteiger partial charge < -0.3 is 29.7 Å². The molecule has 0 aliphatic carbocycles. The van der Waals surface area contributed by atoms with Gasteiger partial charge in [-0.05, 0) is 79.9 Å². The second-order valence-electron chi connectivity index (χ2n) is 14.8. The monoisotopic (exact) mass is 792 g/mol. The van der Waals surface area contributed by atoms with Crippen LogP contribution in [0.4, 0.5) is 20.2 Å². The first-order valence-corrected chi connectivity index (χ1v) is 19.7. The van der Waals surface area contributed by atoms with Gasteiger partial charge in [0.1, 0.15) is 35.7 Å². The lowest BCUT2D eigenvalue weighted by Gasteiger charge is -2.37. The molecule has 4 aromatic carbocycles. The molecule has 58 heavy (non-hydrogen) atoms. The van der Waals surface area contributed by atoms with Crippen LogP contribution in [-0.2, 0) is 21.7 Å². The van der Waals surface area contributed by atoms with Crippen molar-refractivity contribution < 1.29 is 23.0 Å². The Kier molecular flexibility index (Phi) is 12.9. The van der Waals surface area contributed by atoms with E-state index >= 15 is 0 Å². The van der Waals surface area contributed by atoms with Gasteiger partial charge in [0.25, 0.3) is 0 Å². The van der Waals surface area contributed by atoms with E-state index in [2.05, 4.69) is 49.1 Å². The Morgan fingerprint density at radius 3 is 2.28 bits per heavy atom. The predicted molar refractivity (Wildman–Crippen MR) is 222 cm³/mol. The van der Waals surface area contributed by atoms with Gasteiger partial charge in [-0.1, -0.05) is 43.3 Å². The molecule has 5 aromatic rings. The molecule has 0 bridgehead atoms. The van der Waals surface area contributed by atoms with Gasteiger partial charge in [0, 0.05) is 55.1 Å². The van der Waals surface area contributed by atoms with Gasteiger partial charge in [-0.2, -0.15) is 5.10 Å². The van der Waals surface area contributed by atoms with Gasteiger partial charge in [-0.25, -0.2) is 27.8 Å². The summed E-state index contributed by atoms with van der Waals surface area (Å²) in [5.74, 6) is -0.641. The molecule has 12 nitrogen and oxygen atoms in total. The Hall–Kier alpha value is -5.86. The van der Waals surface area contributed by atoms with Crippen LogP contribution in [-0.4, -0.2) is 79.1 Å². The van der Waals surface area contributed by atoms with E-state index in [0.717, 1.165) is 67.0 Å². The van der Waals surface area contributed by atoms with Crippen LogP contribution in [0.1, 0.15) is 43.9 Å². The molecule has 0 amide bonds. The summed E-state index contributed by atoms with van der Waals surface area (Å²) in [6.45, 7) is 8.69. The zero-order valence-corrected chi connectivity index (χ0v) is 32.9. The third-order valence-corrected chi connectivity index (χ3v) is 11.0. The van der Waals surface area contributed by atoms with Crippen LogP contribution in [0.2, 0.25) is 0 Å². The second-order valence-corrected chi connectivity index (χ2v) is 14.8. The highest BCUT2D eigenvalue weighted by Crippen LogP contribution is 2.41. The molecule has 4 atom stereocenters. The third kappa shape index (κ3) is 9.29. The lowest BCUT2D eigenvalue weighted by atomic mass is 9.87. The minimum absolute atomic E-state index is 0.0363. The van der Waals surface area contributed by atoms with E-state index < -0.39 is 17.2 Å². The number of hydrogen-bond acceptors (Lipinski definition) is 8. The van der Waals surface area contributed by atoms with Gasteiger partial charge in [-0.3, -0.25) is 4.99 Å². The average molecular weight is 793 g/mol. The molecule has 0 saturated carbocycles. The zero-order chi connectivity index (χ0) is 40.5. The van der Waals surface area contributed by atoms with Crippen LogP contribution in [0.5, 0.6) is 5.75 Å². The van der Waals surface area contributed by atoms with Crippen molar-refractivity contribution in [3.8, 4) is 11.4 Å². The Morgan fingerprint density at radius 2 is 1.62 bits per heavy atom. The lowest BCUT2D eigenvalue weighted by molar-refractivity contribution is 0.00416. The van der Waals surface area contributed by atoms with Gasteiger partial charge in [-0.15, -0.1) is 0 Å². The SMILES string of the molecule is CC[C@@H]([C@H](C)OCc1ccccc1)n1ncn(-c2ccc(N3CCN(c4ccc(OC[C@@H]5CO[C@@](CN=CN=CN)(c6ccc(F)cc6F)C5)cc4)CC3)cc2)c1=O. The summed E-state index contributed by atoms with van der Waals surface area (Å²) in [5, 5.41) is 4.48. The van der Waals surface area contributed by atoms with E-state index in [0.29, 0.717) is 32.7 Å². The second kappa shape index (κ2) is 18.6. The average Bonchev–Trinajstić information content (AvgIpc) is 3.85. The molecular formula is C44H50F2N8O4. The van der Waals surface area contributed by atoms with Gasteiger partial charge >= 0.3 is 5.69 Å². The summed E-state index contributed by atoms with van der Waals surface area (Å²) >= 11 is 0. The molecule has 0 spiro atoms. The highest BCUT2D eigenvalue weighted by Gasteiger charge is 2.44. The number of nitrogens with two attached hydrogens (primary N) is 1. The van der Waals surface area contributed by atoms with Crippen molar-refractivity contribution in [3.05, 3.63) is 137 Å². The third-order valence-electron chi connectivity index (χ3n) is 11.0. The van der Waals surface area contributed by atoms with Crippen LogP contribution >= 0.6 is 0 Å². The predicted octanol–water partition coefficient (Wildman–Crippen LogP) is 6.52. The molecule has 1 aromatic heterocycles. The molecular weight excluding hydrogens is 743 g/mol. The van der Waals surface area contributed by atoms with Crippen molar-refractivity contribution >= 4 is 24.1 Å². The fourth-order valence-corrected chi connectivity index (χ4v) is 7.84. The molecule has 2 N–H and O–H groups in total. The fraction of sp³-hybridized carbons (Fsp3) is 0.364. The quantitative estimate of drug-likeness (QED) is 0.0885. The summed E-state index contributed by atoms with van der Waals surface area (Å²) in [6.07, 6.45) is 4.96. The maximum absolute atomic E-state index is 14.9. The summed E-state index contributed by atoms with van der Waals surface area (Å²) in [7, 11) is 0. The lowest BCUT2D eigenvalue weighted by Crippen LogP contribution is -2.46. The van der Waals surface area contributed by atoms with E-state index in [1.54, 1.807) is 10.9 Å². The Bertz CT molecular complexity index is 2210. The molecule has 14 heteroatoms. The largest absolute Gasteiger partial charge is 0.493 e. The number of rotatable bonds is 16. The summed E-state index contributed by atoms with van der Waals surface area (Å²) < 4.78 is 50.2. The maximum atomic E-state index is 14.9. The summed E-state index contributed by atoms with van der Waals surface area (Å²) in [5.41, 5.74) is 8.36. The van der Waals surface area contributed by atoms with E-state index in [9.17, 15) is 13.6 Å². The van der Waals surface area contributed by atoms with Crippen molar-refractivity contribution in [1.82, 2.24) is 14.3 Å². The number of piperazine rings is 1. The van der Waals surface area contributed by atoms with Crippen molar-refractivity contribution in [2.45, 2.75) is 51.0 Å². The Morgan fingerprint density at radius 1 is 0.948 bits per heavy atom. The number of aliphatic imine (C=N–C) groups is 2. The topological polar surface area (TPSA) is 125 Å². The van der Waals surface area contributed by atoms with Crippen LogP contribution in [0.15, 0.2) is 118 Å². The van der Waals surface area contributed by atoms with Crippen molar-refractivity contribution in [3.63, 3.8) is 0 Å². The standard InChI is InChI=1S/C44H50F2N8O4/c1-3-42(32(2)56-25-33-7-5-4-6-8-33)54-43(55)53(31-50-54)38-12-10-36(11-13-38)51-19-21-52(22-20-51)37-14-16-39(17-15-37)57-26-34-24-44(58-27-34,28-48-30-49-29-47)40-18-9-35(45)23-41(40)46/h4-18,23,29-32,34,42H,3,19-22,24-28H2,1-2H3,(H2,47,48,49)/t32-,34+,42-,44-/m0/s1. The number of hydrogen-bond donors (Lipinski definition) is 1. The van der Waals surface area contributed by atoms with Gasteiger partial charge in [0.15, 0.2) is 0 Å². The minimum Gasteiger partial charge on any atom is -0.493 e. The normalized spacial score (nSPS) is 19.6. The maximum Gasteiger partial charge on any atom is 0.350 e. The van der Waals surface area contributed by atoms with E-state index in [-0.39, 0.29) is 35.9 Å². The van der Waals surface area contributed by atoms with Crippen LogP contribution in [0.25, 0.3) is 5.69 Å². The highest BCUT2D eigenvalue weighted by atomic mass is 19.1. The Balaban J connectivity index is 0.900. The molecule has 2 aliphatic rings. The first-order chi connectivity index (χ1) is 28.3. The molecule has 0 radical (unpaired) electrons. The number of halogens is 2. The highest BCUT2D eigenvalue weighted by molar-refractivity contribution is 5.69. The number of benzene rings is 4. The number of ether oxygens (including phenoxy) is 3. The first kappa shape index (κ1) is 40.3. The van der Waals surface area contributed by atoms with Crippen LogP contribution in [0, 0.1) is 17.6 Å². The Labute approximate surface area is 337 Å². The molecule has 0 unspecified atom stereocenters. The molecule has 2 aliphatic heterocycles. The first-order valence-electron chi connectivity index (χ1n) is 19.7. The zero-order valence-electron chi connectivity index (χ0n) is 32.9. The summed E-state index contributed by atoms with van der Waals surface area (Å²) in [6, 6.07) is 29.4. The van der Waals surface area contributed by atoms with E-state index in [1.165, 1.54) is 23.2 Å². The number of aromatic nitrogens is 3. The van der Waals surface area contributed by atoms with Crippen molar-refractivity contribution in [2.75, 3.05) is 55.7 Å². The van der Waals surface area contributed by atoms with Crippen LogP contribution in [0.3, 0.4) is 0 Å². The van der Waals surface area contributed by atoms with Gasteiger partial charge in [0.05, 0.1) is 50.5 Å². The number of nitrogens with zero attached hydrogens (tertiary/aromatic N) is 7. The fourth-order valence-electron chi connectivity index (χ4n) is 7.84. The molecule has 3 heterocycles.